The number of aromatic amines is 2. The predicted molar refractivity (Wildman–Crippen MR) is 129 cm³/mol. The summed E-state index contributed by atoms with van der Waals surface area (Å²) in [4.78, 5) is 16.0. The molecular weight excluding hydrogens is 380 g/mol. The summed E-state index contributed by atoms with van der Waals surface area (Å²) in [6.45, 7) is 8.34. The molecule has 0 saturated heterocycles. The third kappa shape index (κ3) is 4.64. The zero-order chi connectivity index (χ0) is 21.6. The molecule has 0 amide bonds. The van der Waals surface area contributed by atoms with Crippen LogP contribution in [-0.2, 0) is 0 Å². The molecule has 4 aromatic rings. The molecule has 0 atom stereocenters. The lowest BCUT2D eigenvalue weighted by molar-refractivity contribution is 1.22. The lowest BCUT2D eigenvalue weighted by Gasteiger charge is -2.03. The summed E-state index contributed by atoms with van der Waals surface area (Å²) < 4.78 is 0. The summed E-state index contributed by atoms with van der Waals surface area (Å²) in [7, 11) is 0. The van der Waals surface area contributed by atoms with Crippen molar-refractivity contribution in [3.63, 3.8) is 0 Å². The van der Waals surface area contributed by atoms with Crippen LogP contribution in [0.1, 0.15) is 24.6 Å². The Balaban J connectivity index is 1.57. The number of benzene rings is 2. The van der Waals surface area contributed by atoms with Crippen molar-refractivity contribution in [1.29, 1.82) is 0 Å². The normalized spacial score (nSPS) is 11.5. The second-order valence-electron chi connectivity index (χ2n) is 7.41. The molecule has 2 heterocycles. The minimum Gasteiger partial charge on any atom is -0.338 e. The Morgan fingerprint density at radius 3 is 2.45 bits per heavy atom. The first-order chi connectivity index (χ1) is 15.2. The molecule has 0 saturated carbocycles. The van der Waals surface area contributed by atoms with Crippen molar-refractivity contribution in [3.05, 3.63) is 103 Å². The second-order valence-corrected chi connectivity index (χ2v) is 7.41. The Hall–Kier alpha value is -3.92. The van der Waals surface area contributed by atoms with Crippen molar-refractivity contribution in [2.45, 2.75) is 20.3 Å². The fraction of sp³-hybridized carbons (Fsp3) is 0.111. The molecule has 0 radical (unpaired) electrons. The van der Waals surface area contributed by atoms with Crippen LogP contribution in [0.5, 0.6) is 0 Å². The van der Waals surface area contributed by atoms with Gasteiger partial charge in [-0.3, -0.25) is 0 Å². The number of rotatable bonds is 7. The number of nitrogens with one attached hydrogen (secondary N) is 2. The SMILES string of the molecule is C=C(/C=C\C=C/CC)c1cnc(-c2cccc(-c3ncc(-c4ccccc4C)[nH]3)c2)[nH]1. The summed E-state index contributed by atoms with van der Waals surface area (Å²) >= 11 is 0. The lowest BCUT2D eigenvalue weighted by Crippen LogP contribution is -1.86. The van der Waals surface area contributed by atoms with Gasteiger partial charge in [-0.1, -0.05) is 80.3 Å². The molecule has 31 heavy (non-hydrogen) atoms. The zero-order valence-electron chi connectivity index (χ0n) is 17.9. The highest BCUT2D eigenvalue weighted by Gasteiger charge is 2.10. The van der Waals surface area contributed by atoms with Gasteiger partial charge in [0.1, 0.15) is 11.6 Å². The topological polar surface area (TPSA) is 57.4 Å². The Morgan fingerprint density at radius 1 is 0.935 bits per heavy atom. The quantitative estimate of drug-likeness (QED) is 0.325. The number of imidazole rings is 2. The lowest BCUT2D eigenvalue weighted by atomic mass is 10.1. The largest absolute Gasteiger partial charge is 0.338 e. The fourth-order valence-electron chi connectivity index (χ4n) is 3.40. The van der Waals surface area contributed by atoms with Crippen molar-refractivity contribution < 1.29 is 0 Å². The Morgan fingerprint density at radius 2 is 1.68 bits per heavy atom. The monoisotopic (exact) mass is 406 g/mol. The average molecular weight is 407 g/mol. The van der Waals surface area contributed by atoms with Gasteiger partial charge in [0.2, 0.25) is 0 Å². The molecule has 4 heteroatoms. The Bertz CT molecular complexity index is 1250. The van der Waals surface area contributed by atoms with Gasteiger partial charge in [-0.05, 0) is 30.5 Å². The summed E-state index contributed by atoms with van der Waals surface area (Å²) in [5.74, 6) is 1.64. The van der Waals surface area contributed by atoms with E-state index >= 15 is 0 Å². The van der Waals surface area contributed by atoms with E-state index in [1.54, 1.807) is 0 Å². The fourth-order valence-corrected chi connectivity index (χ4v) is 3.40. The molecule has 2 N–H and O–H groups in total. The maximum Gasteiger partial charge on any atom is 0.137 e. The van der Waals surface area contributed by atoms with Crippen LogP contribution in [0.25, 0.3) is 39.6 Å². The van der Waals surface area contributed by atoms with Crippen LogP contribution < -0.4 is 0 Å². The summed E-state index contributed by atoms with van der Waals surface area (Å²) in [5, 5.41) is 0. The molecule has 154 valence electrons. The molecule has 0 spiro atoms. The van der Waals surface area contributed by atoms with Gasteiger partial charge in [0, 0.05) is 16.7 Å². The van der Waals surface area contributed by atoms with E-state index in [0.29, 0.717) is 0 Å². The van der Waals surface area contributed by atoms with Crippen molar-refractivity contribution in [1.82, 2.24) is 19.9 Å². The smallest absolute Gasteiger partial charge is 0.137 e. The minimum absolute atomic E-state index is 0.807. The number of allylic oxidation sites excluding steroid dienone is 5. The third-order valence-corrected chi connectivity index (χ3v) is 5.12. The van der Waals surface area contributed by atoms with E-state index in [0.717, 1.165) is 51.7 Å². The average Bonchev–Trinajstić information content (AvgIpc) is 3.47. The number of hydrogen-bond acceptors (Lipinski definition) is 2. The number of nitrogens with zero attached hydrogens (tertiary/aromatic N) is 2. The van der Waals surface area contributed by atoms with Crippen molar-refractivity contribution in [3.8, 4) is 34.0 Å². The molecule has 4 nitrogen and oxygen atoms in total. The van der Waals surface area contributed by atoms with Crippen molar-refractivity contribution in [2.24, 2.45) is 0 Å². The maximum atomic E-state index is 4.61. The first-order valence-corrected chi connectivity index (χ1v) is 10.4. The van der Waals surface area contributed by atoms with Gasteiger partial charge >= 0.3 is 0 Å². The first-order valence-electron chi connectivity index (χ1n) is 10.4. The number of hydrogen-bond donors (Lipinski definition) is 2. The minimum atomic E-state index is 0.807. The molecule has 2 aromatic carbocycles. The van der Waals surface area contributed by atoms with Crippen LogP contribution in [0.15, 0.2) is 91.8 Å². The van der Waals surface area contributed by atoms with E-state index in [1.807, 2.05) is 54.9 Å². The maximum absolute atomic E-state index is 4.61. The molecule has 2 aromatic heterocycles. The van der Waals surface area contributed by atoms with Gasteiger partial charge in [-0.15, -0.1) is 0 Å². The van der Waals surface area contributed by atoms with Gasteiger partial charge in [-0.25, -0.2) is 9.97 Å². The highest BCUT2D eigenvalue weighted by Crippen LogP contribution is 2.27. The molecule has 0 unspecified atom stereocenters. The summed E-state index contributed by atoms with van der Waals surface area (Å²) in [6, 6.07) is 16.5. The zero-order valence-corrected chi connectivity index (χ0v) is 17.9. The van der Waals surface area contributed by atoms with Crippen LogP contribution in [0, 0.1) is 6.92 Å². The predicted octanol–water partition coefficient (Wildman–Crippen LogP) is 6.98. The van der Waals surface area contributed by atoms with Crippen LogP contribution in [0.3, 0.4) is 0 Å². The molecule has 0 aliphatic heterocycles. The molecule has 0 bridgehead atoms. The number of H-pyrrole nitrogens is 2. The molecule has 0 fully saturated rings. The summed E-state index contributed by atoms with van der Waals surface area (Å²) in [5.41, 5.74) is 7.20. The Kier molecular flexibility index (Phi) is 6.08. The molecule has 0 aliphatic carbocycles. The van der Waals surface area contributed by atoms with E-state index in [1.165, 1.54) is 5.56 Å². The van der Waals surface area contributed by atoms with Gasteiger partial charge < -0.3 is 9.97 Å². The van der Waals surface area contributed by atoms with E-state index in [9.17, 15) is 0 Å². The van der Waals surface area contributed by atoms with E-state index in [4.69, 9.17) is 0 Å². The van der Waals surface area contributed by atoms with Crippen molar-refractivity contribution >= 4 is 5.57 Å². The molecule has 0 aliphatic rings. The highest BCUT2D eigenvalue weighted by molar-refractivity contribution is 5.73. The number of aryl methyl sites for hydroxylation is 1. The first kappa shape index (κ1) is 20.4. The van der Waals surface area contributed by atoms with Gasteiger partial charge in [0.05, 0.1) is 23.8 Å². The summed E-state index contributed by atoms with van der Waals surface area (Å²) in [6.07, 6.45) is 12.8. The number of aromatic nitrogens is 4. The Labute approximate surface area is 183 Å². The highest BCUT2D eigenvalue weighted by atomic mass is 14.9. The van der Waals surface area contributed by atoms with Gasteiger partial charge in [-0.2, -0.15) is 0 Å². The van der Waals surface area contributed by atoms with Crippen LogP contribution >= 0.6 is 0 Å². The van der Waals surface area contributed by atoms with Crippen LogP contribution in [-0.4, -0.2) is 19.9 Å². The third-order valence-electron chi connectivity index (χ3n) is 5.12. The van der Waals surface area contributed by atoms with Crippen LogP contribution in [0.4, 0.5) is 0 Å². The van der Waals surface area contributed by atoms with Gasteiger partial charge in [0.25, 0.3) is 0 Å². The molecular formula is C27H26N4. The van der Waals surface area contributed by atoms with Crippen molar-refractivity contribution in [2.75, 3.05) is 0 Å². The standard InChI is InChI=1S/C27H26N4/c1-4-5-6-7-12-20(3)24-17-28-26(30-24)21-13-10-14-22(16-21)27-29-18-25(31-27)23-15-9-8-11-19(23)2/h5-18H,3-4H2,1-2H3,(H,28,30)(H,29,31)/b6-5-,12-7-. The molecule has 4 rings (SSSR count). The second kappa shape index (κ2) is 9.26. The van der Waals surface area contributed by atoms with E-state index in [2.05, 4.69) is 70.7 Å². The van der Waals surface area contributed by atoms with Crippen LogP contribution in [0.2, 0.25) is 0 Å². The van der Waals surface area contributed by atoms with Gasteiger partial charge in [0.15, 0.2) is 0 Å². The van der Waals surface area contributed by atoms with E-state index in [-0.39, 0.29) is 0 Å². The van der Waals surface area contributed by atoms with E-state index < -0.39 is 0 Å².